The van der Waals surface area contributed by atoms with Gasteiger partial charge in [-0.15, -0.1) is 0 Å². The minimum absolute atomic E-state index is 0.298. The van der Waals surface area contributed by atoms with Gasteiger partial charge in [-0.05, 0) is 167 Å². The lowest BCUT2D eigenvalue weighted by molar-refractivity contribution is 0.661. The summed E-state index contributed by atoms with van der Waals surface area (Å²) in [5.41, 5.74) is 21.1. The maximum absolute atomic E-state index is 5.20. The summed E-state index contributed by atoms with van der Waals surface area (Å²) in [6.45, 7) is 4.83. The largest absolute Gasteiger partial charge is 0.310 e. The van der Waals surface area contributed by atoms with Crippen LogP contribution in [0.15, 0.2) is 309 Å². The molecule has 5 heteroatoms. The van der Waals surface area contributed by atoms with Crippen molar-refractivity contribution in [1.29, 1.82) is 0 Å². The van der Waals surface area contributed by atoms with Crippen LogP contribution >= 0.6 is 0 Å². The van der Waals surface area contributed by atoms with Gasteiger partial charge in [0.25, 0.3) is 0 Å². The van der Waals surface area contributed by atoms with Crippen LogP contribution in [0.5, 0.6) is 0 Å². The highest BCUT2D eigenvalue weighted by Gasteiger charge is 2.38. The van der Waals surface area contributed by atoms with Crippen LogP contribution in [-0.4, -0.2) is 19.5 Å². The van der Waals surface area contributed by atoms with E-state index in [4.69, 9.17) is 15.0 Å². The summed E-state index contributed by atoms with van der Waals surface area (Å²) in [4.78, 5) is 17.8. The normalized spacial score (nSPS) is 12.5. The molecule has 0 radical (unpaired) electrons. The second-order valence-electron chi connectivity index (χ2n) is 23.9. The van der Waals surface area contributed by atoms with E-state index in [0.717, 1.165) is 61.6 Å². The van der Waals surface area contributed by atoms with Crippen molar-refractivity contribution in [3.05, 3.63) is 321 Å². The molecule has 89 heavy (non-hydrogen) atoms. The average Bonchev–Trinajstić information content (AvgIpc) is 1.57. The van der Waals surface area contributed by atoms with Crippen LogP contribution in [-0.2, 0) is 5.41 Å². The molecular weight excluding hydrogens is 1080 g/mol. The SMILES string of the molecule is CC1(C)c2cc3c4ccccc4c4ccccc4c3cc2-c2c1ccc1c2c2cc(-c3cccc(N(c4ccc(-c5ccccc5)cc4)c4ccc(-c5ccccc5)cc4)c3)ccc2n1-c1cccc(-c2nc(-c3ccccc3)nc(-c3ccccc3)n2)c1. The highest BCUT2D eigenvalue weighted by atomic mass is 15.1. The number of fused-ring (bicyclic) bond motifs is 13. The molecule has 14 aromatic carbocycles. The molecule has 1 aliphatic rings. The third-order valence-electron chi connectivity index (χ3n) is 18.4. The summed E-state index contributed by atoms with van der Waals surface area (Å²) in [5, 5.41) is 10.1. The summed E-state index contributed by atoms with van der Waals surface area (Å²) in [6.07, 6.45) is 0. The maximum Gasteiger partial charge on any atom is 0.164 e. The van der Waals surface area contributed by atoms with E-state index in [9.17, 15) is 0 Å². The van der Waals surface area contributed by atoms with Gasteiger partial charge in [-0.3, -0.25) is 0 Å². The summed E-state index contributed by atoms with van der Waals surface area (Å²) >= 11 is 0. The van der Waals surface area contributed by atoms with E-state index in [0.29, 0.717) is 17.5 Å². The van der Waals surface area contributed by atoms with Crippen LogP contribution in [0.25, 0.3) is 138 Å². The molecule has 16 aromatic rings. The molecule has 0 atom stereocenters. The van der Waals surface area contributed by atoms with Crippen LogP contribution in [0.1, 0.15) is 25.0 Å². The Morgan fingerprint density at radius 2 is 0.708 bits per heavy atom. The molecule has 17 rings (SSSR count). The highest BCUT2D eigenvalue weighted by Crippen LogP contribution is 2.56. The van der Waals surface area contributed by atoms with Gasteiger partial charge in [0.05, 0.1) is 11.0 Å². The Bertz CT molecular complexity index is 5280. The van der Waals surface area contributed by atoms with Gasteiger partial charge in [0.2, 0.25) is 0 Å². The summed E-state index contributed by atoms with van der Waals surface area (Å²) < 4.78 is 2.46. The van der Waals surface area contributed by atoms with Gasteiger partial charge in [-0.1, -0.05) is 244 Å². The lowest BCUT2D eigenvalue weighted by Gasteiger charge is -2.26. The molecule has 0 saturated heterocycles. The number of anilines is 3. The summed E-state index contributed by atoms with van der Waals surface area (Å²) in [5.74, 6) is 1.87. The Hall–Kier alpha value is -11.5. The van der Waals surface area contributed by atoms with Gasteiger partial charge in [0.1, 0.15) is 0 Å². The first-order valence-electron chi connectivity index (χ1n) is 30.6. The molecule has 0 aliphatic heterocycles. The molecule has 2 heterocycles. The van der Waals surface area contributed by atoms with Crippen molar-refractivity contribution in [2.45, 2.75) is 19.3 Å². The highest BCUT2D eigenvalue weighted by molar-refractivity contribution is 6.27. The van der Waals surface area contributed by atoms with Gasteiger partial charge in [-0.2, -0.15) is 0 Å². The number of nitrogens with zero attached hydrogens (tertiary/aromatic N) is 5. The Balaban J connectivity index is 0.874. The first-order chi connectivity index (χ1) is 43.9. The molecule has 0 fully saturated rings. The Kier molecular flexibility index (Phi) is 12.2. The van der Waals surface area contributed by atoms with Crippen molar-refractivity contribution in [3.63, 3.8) is 0 Å². The standard InChI is InChI=1S/C84H57N5/c1-84(2)75-46-48-78-80(79(75)73-52-71-69-35-17-15-33-67(69)68-34-16-18-36-70(68)72(71)53-76(73)84)74-51-61(41-47-77(74)89(78)66-32-20-30-62(50-66)83-86-81(58-25-11-5-12-26-58)85-82(87-83)59-27-13-6-14-28-59)60-29-19-31-65(49-60)88(63-42-37-56(38-43-63)54-21-7-3-8-22-54)64-44-39-57(40-45-64)55-23-9-4-10-24-55/h3-53H,1-2H3. The van der Waals surface area contributed by atoms with Gasteiger partial charge >= 0.3 is 0 Å². The minimum Gasteiger partial charge on any atom is -0.310 e. The molecule has 0 unspecified atom stereocenters. The third kappa shape index (κ3) is 8.72. The second-order valence-corrected chi connectivity index (χ2v) is 23.9. The quantitative estimate of drug-likeness (QED) is 0.128. The fourth-order valence-electron chi connectivity index (χ4n) is 14.1. The second kappa shape index (κ2) is 20.9. The Labute approximate surface area is 516 Å². The van der Waals surface area contributed by atoms with Crippen molar-refractivity contribution >= 4 is 71.2 Å². The Morgan fingerprint density at radius 3 is 1.27 bits per heavy atom. The zero-order valence-corrected chi connectivity index (χ0v) is 49.2. The van der Waals surface area contributed by atoms with E-state index >= 15 is 0 Å². The number of aromatic nitrogens is 4. The van der Waals surface area contributed by atoms with Crippen molar-refractivity contribution in [2.75, 3.05) is 4.90 Å². The van der Waals surface area contributed by atoms with E-state index < -0.39 is 0 Å². The predicted octanol–water partition coefficient (Wildman–Crippen LogP) is 22.2. The summed E-state index contributed by atoms with van der Waals surface area (Å²) in [7, 11) is 0. The number of benzene rings is 14. The van der Waals surface area contributed by atoms with Crippen molar-refractivity contribution in [1.82, 2.24) is 19.5 Å². The Morgan fingerprint density at radius 1 is 0.281 bits per heavy atom. The predicted molar refractivity (Wildman–Crippen MR) is 372 cm³/mol. The monoisotopic (exact) mass is 1140 g/mol. The van der Waals surface area contributed by atoms with Crippen molar-refractivity contribution in [2.24, 2.45) is 0 Å². The topological polar surface area (TPSA) is 46.8 Å². The lowest BCUT2D eigenvalue weighted by atomic mass is 9.81. The van der Waals surface area contributed by atoms with Gasteiger partial charge < -0.3 is 9.47 Å². The zero-order valence-electron chi connectivity index (χ0n) is 49.2. The van der Waals surface area contributed by atoms with Crippen LogP contribution in [0.2, 0.25) is 0 Å². The number of hydrogen-bond acceptors (Lipinski definition) is 4. The zero-order chi connectivity index (χ0) is 59.2. The van der Waals surface area contributed by atoms with E-state index in [2.05, 4.69) is 296 Å². The molecule has 5 nitrogen and oxygen atoms in total. The van der Waals surface area contributed by atoms with E-state index in [1.165, 1.54) is 87.6 Å². The fourth-order valence-corrected chi connectivity index (χ4v) is 14.1. The van der Waals surface area contributed by atoms with Gasteiger partial charge in [-0.25, -0.2) is 15.0 Å². The summed E-state index contributed by atoms with van der Waals surface area (Å²) in [6, 6.07) is 112. The molecule has 0 spiro atoms. The first kappa shape index (κ1) is 51.9. The minimum atomic E-state index is -0.298. The van der Waals surface area contributed by atoms with Crippen LogP contribution in [0.4, 0.5) is 17.1 Å². The van der Waals surface area contributed by atoms with Crippen molar-refractivity contribution < 1.29 is 0 Å². The molecule has 418 valence electrons. The van der Waals surface area contributed by atoms with Gasteiger partial charge in [0.15, 0.2) is 17.5 Å². The maximum atomic E-state index is 5.20. The molecular formula is C84H57N5. The number of rotatable bonds is 10. The molecule has 0 N–H and O–H groups in total. The van der Waals surface area contributed by atoms with E-state index in [1.54, 1.807) is 0 Å². The molecule has 2 aromatic heterocycles. The molecule has 0 saturated carbocycles. The molecule has 0 amide bonds. The van der Waals surface area contributed by atoms with Crippen LogP contribution in [0.3, 0.4) is 0 Å². The van der Waals surface area contributed by atoms with Crippen LogP contribution < -0.4 is 4.90 Å². The molecule has 0 bridgehead atoms. The van der Waals surface area contributed by atoms with E-state index in [-0.39, 0.29) is 5.41 Å². The lowest BCUT2D eigenvalue weighted by Crippen LogP contribution is -2.14. The van der Waals surface area contributed by atoms with Crippen LogP contribution in [0, 0.1) is 0 Å². The first-order valence-corrected chi connectivity index (χ1v) is 30.6. The fraction of sp³-hybridized carbons (Fsp3) is 0.0357. The molecule has 1 aliphatic carbocycles. The average molecular weight is 1140 g/mol. The van der Waals surface area contributed by atoms with Crippen molar-refractivity contribution in [3.8, 4) is 84.4 Å². The van der Waals surface area contributed by atoms with Gasteiger partial charge in [0, 0.05) is 55.6 Å². The third-order valence-corrected chi connectivity index (χ3v) is 18.4. The van der Waals surface area contributed by atoms with E-state index in [1.807, 2.05) is 36.4 Å². The smallest absolute Gasteiger partial charge is 0.164 e. The number of hydrogen-bond donors (Lipinski definition) is 0.